The second-order valence-corrected chi connectivity index (χ2v) is 7.95. The van der Waals surface area contributed by atoms with Gasteiger partial charge in [-0.3, -0.25) is 4.79 Å². The maximum Gasteiger partial charge on any atom is 0.251 e. The summed E-state index contributed by atoms with van der Waals surface area (Å²) in [5.74, 6) is -0.119. The average Bonchev–Trinajstić information content (AvgIpc) is 3.29. The van der Waals surface area contributed by atoms with Crippen molar-refractivity contribution < 1.29 is 9.21 Å². The van der Waals surface area contributed by atoms with E-state index < -0.39 is 6.17 Å². The van der Waals surface area contributed by atoms with Gasteiger partial charge in [0.15, 0.2) is 0 Å². The van der Waals surface area contributed by atoms with Crippen molar-refractivity contribution in [1.82, 2.24) is 5.32 Å². The molecule has 0 aliphatic heterocycles. The second-order valence-electron chi connectivity index (χ2n) is 7.95. The number of amides is 1. The van der Waals surface area contributed by atoms with Gasteiger partial charge in [-0.1, -0.05) is 24.3 Å². The van der Waals surface area contributed by atoms with Gasteiger partial charge in [0.05, 0.1) is 6.17 Å². The number of hydrogen-bond acceptors (Lipinski definition) is 4. The molecule has 0 saturated heterocycles. The third-order valence-corrected chi connectivity index (χ3v) is 5.92. The Bertz CT molecular complexity index is 1400. The molecule has 5 heteroatoms. The largest absolute Gasteiger partial charge is 0.455 e. The molecular formula is C25H23N3O2. The van der Waals surface area contributed by atoms with Crippen LogP contribution in [0.25, 0.3) is 32.7 Å². The van der Waals surface area contributed by atoms with Crippen molar-refractivity contribution in [3.05, 3.63) is 82.4 Å². The summed E-state index contributed by atoms with van der Waals surface area (Å²) in [5.41, 5.74) is 18.0. The van der Waals surface area contributed by atoms with Crippen molar-refractivity contribution >= 4 is 38.6 Å². The Labute approximate surface area is 174 Å². The van der Waals surface area contributed by atoms with Crippen LogP contribution in [0.4, 0.5) is 0 Å². The van der Waals surface area contributed by atoms with Crippen molar-refractivity contribution in [2.45, 2.75) is 26.6 Å². The van der Waals surface area contributed by atoms with Gasteiger partial charge >= 0.3 is 0 Å². The number of rotatable bonds is 4. The molecule has 1 amide bonds. The Hall–Kier alpha value is -3.41. The molecule has 3 aromatic carbocycles. The number of hydrogen-bond donors (Lipinski definition) is 3. The lowest BCUT2D eigenvalue weighted by Crippen LogP contribution is -2.23. The Kier molecular flexibility index (Phi) is 4.24. The third kappa shape index (κ3) is 2.91. The number of nitrogens with two attached hydrogens (primary N) is 2. The zero-order valence-electron chi connectivity index (χ0n) is 17.0. The SMILES string of the molecule is Cc1cc2c(cc1C)c1oc2c2ccc(C(=O)NCc3ccc(C(N)N)cc3)cc21. The van der Waals surface area contributed by atoms with Crippen molar-refractivity contribution in [2.75, 3.05) is 0 Å². The normalized spacial score (nSPS) is 11.9. The first-order valence-corrected chi connectivity index (χ1v) is 9.99. The number of fused-ring (bicyclic) bond motifs is 8. The fourth-order valence-corrected chi connectivity index (χ4v) is 4.02. The summed E-state index contributed by atoms with van der Waals surface area (Å²) in [6.45, 7) is 4.65. The molecule has 0 unspecified atom stereocenters. The molecule has 2 aromatic heterocycles. The van der Waals surface area contributed by atoms with E-state index in [0.29, 0.717) is 12.1 Å². The van der Waals surface area contributed by atoms with E-state index >= 15 is 0 Å². The van der Waals surface area contributed by atoms with E-state index in [1.54, 1.807) is 0 Å². The Morgan fingerprint density at radius 2 is 1.47 bits per heavy atom. The van der Waals surface area contributed by atoms with Crippen molar-refractivity contribution in [2.24, 2.45) is 11.5 Å². The van der Waals surface area contributed by atoms with Crippen LogP contribution in [0.1, 0.15) is 38.8 Å². The van der Waals surface area contributed by atoms with Crippen molar-refractivity contribution in [3.8, 4) is 0 Å². The van der Waals surface area contributed by atoms with Gasteiger partial charge in [0, 0.05) is 33.7 Å². The smallest absolute Gasteiger partial charge is 0.251 e. The molecule has 2 bridgehead atoms. The topological polar surface area (TPSA) is 94.3 Å². The van der Waals surface area contributed by atoms with E-state index in [9.17, 15) is 4.79 Å². The van der Waals surface area contributed by atoms with Crippen LogP contribution in [-0.2, 0) is 6.54 Å². The summed E-state index contributed by atoms with van der Waals surface area (Å²) in [7, 11) is 0. The molecule has 5 aromatic rings. The third-order valence-electron chi connectivity index (χ3n) is 5.92. The van der Waals surface area contributed by atoms with E-state index in [1.165, 1.54) is 11.1 Å². The zero-order valence-corrected chi connectivity index (χ0v) is 17.0. The molecule has 5 N–H and O–H groups in total. The van der Waals surface area contributed by atoms with Gasteiger partial charge in [0.25, 0.3) is 5.91 Å². The Balaban J connectivity index is 1.43. The number of aryl methyl sites for hydroxylation is 2. The van der Waals surface area contributed by atoms with Gasteiger partial charge < -0.3 is 21.2 Å². The summed E-state index contributed by atoms with van der Waals surface area (Å²) in [5, 5.41) is 7.25. The molecule has 0 aliphatic carbocycles. The molecule has 150 valence electrons. The van der Waals surface area contributed by atoms with Gasteiger partial charge in [-0.25, -0.2) is 0 Å². The molecule has 5 rings (SSSR count). The lowest BCUT2D eigenvalue weighted by Gasteiger charge is -2.09. The highest BCUT2D eigenvalue weighted by Gasteiger charge is 2.19. The molecule has 5 nitrogen and oxygen atoms in total. The van der Waals surface area contributed by atoms with Crippen LogP contribution in [0.15, 0.2) is 59.0 Å². The lowest BCUT2D eigenvalue weighted by atomic mass is 9.98. The number of nitrogens with one attached hydrogen (secondary N) is 1. The van der Waals surface area contributed by atoms with Crippen LogP contribution >= 0.6 is 0 Å². The van der Waals surface area contributed by atoms with Crippen LogP contribution in [0, 0.1) is 13.8 Å². The van der Waals surface area contributed by atoms with E-state index in [-0.39, 0.29) is 5.91 Å². The minimum atomic E-state index is -0.495. The Morgan fingerprint density at radius 3 is 2.10 bits per heavy atom. The predicted octanol–water partition coefficient (Wildman–Crippen LogP) is 4.64. The van der Waals surface area contributed by atoms with Crippen LogP contribution in [0.2, 0.25) is 0 Å². The van der Waals surface area contributed by atoms with Crippen LogP contribution in [0.5, 0.6) is 0 Å². The predicted molar refractivity (Wildman–Crippen MR) is 121 cm³/mol. The minimum Gasteiger partial charge on any atom is -0.455 e. The number of furan rings is 2. The molecule has 0 radical (unpaired) electrons. The number of benzene rings is 4. The highest BCUT2D eigenvalue weighted by molar-refractivity contribution is 6.26. The second kappa shape index (κ2) is 6.83. The highest BCUT2D eigenvalue weighted by atomic mass is 16.3. The monoisotopic (exact) mass is 397 g/mol. The van der Waals surface area contributed by atoms with Crippen LogP contribution in [0.3, 0.4) is 0 Å². The molecular weight excluding hydrogens is 374 g/mol. The first-order valence-electron chi connectivity index (χ1n) is 9.99. The quantitative estimate of drug-likeness (QED) is 0.304. The van der Waals surface area contributed by atoms with Gasteiger partial charge in [0.2, 0.25) is 0 Å². The first kappa shape index (κ1) is 18.6. The maximum absolute atomic E-state index is 12.7. The van der Waals surface area contributed by atoms with Gasteiger partial charge in [-0.15, -0.1) is 0 Å². The van der Waals surface area contributed by atoms with Gasteiger partial charge in [-0.2, -0.15) is 0 Å². The number of carbonyl (C=O) groups is 1. The van der Waals surface area contributed by atoms with Crippen LogP contribution < -0.4 is 16.8 Å². The lowest BCUT2D eigenvalue weighted by molar-refractivity contribution is 0.0951. The van der Waals surface area contributed by atoms with E-state index in [0.717, 1.165) is 43.8 Å². The summed E-state index contributed by atoms with van der Waals surface area (Å²) in [6, 6.07) is 17.7. The molecule has 0 fully saturated rings. The Morgan fingerprint density at radius 1 is 0.867 bits per heavy atom. The fraction of sp³-hybridized carbons (Fsp3) is 0.160. The molecule has 0 spiro atoms. The highest BCUT2D eigenvalue weighted by Crippen LogP contribution is 2.41. The summed E-state index contributed by atoms with van der Waals surface area (Å²) in [4.78, 5) is 12.7. The average molecular weight is 397 g/mol. The summed E-state index contributed by atoms with van der Waals surface area (Å²) < 4.78 is 6.10. The summed E-state index contributed by atoms with van der Waals surface area (Å²) >= 11 is 0. The molecule has 30 heavy (non-hydrogen) atoms. The van der Waals surface area contributed by atoms with Crippen molar-refractivity contribution in [3.63, 3.8) is 0 Å². The number of carbonyl (C=O) groups excluding carboxylic acids is 1. The maximum atomic E-state index is 12.7. The molecule has 0 aliphatic rings. The van der Waals surface area contributed by atoms with E-state index in [2.05, 4.69) is 31.3 Å². The standard InChI is InChI=1S/C25H23N3O2/c1-13-9-19-20(10-14(13)2)23-21-11-17(7-8-18(21)22(19)30-23)25(29)28-12-15-3-5-16(6-4-15)24(26)27/h3-11,24H,12,26-27H2,1-2H3,(H,28,29). The van der Waals surface area contributed by atoms with Gasteiger partial charge in [0.1, 0.15) is 11.2 Å². The van der Waals surface area contributed by atoms with Crippen molar-refractivity contribution in [1.29, 1.82) is 0 Å². The molecule has 2 heterocycles. The fourth-order valence-electron chi connectivity index (χ4n) is 4.02. The van der Waals surface area contributed by atoms with E-state index in [1.807, 2.05) is 42.5 Å². The van der Waals surface area contributed by atoms with E-state index in [4.69, 9.17) is 15.9 Å². The minimum absolute atomic E-state index is 0.119. The molecule has 0 atom stereocenters. The zero-order chi connectivity index (χ0) is 21.0. The first-order chi connectivity index (χ1) is 14.4. The van der Waals surface area contributed by atoms with Gasteiger partial charge in [-0.05, 0) is 66.4 Å². The van der Waals surface area contributed by atoms with Crippen LogP contribution in [-0.4, -0.2) is 5.91 Å². The molecule has 0 saturated carbocycles. The summed E-state index contributed by atoms with van der Waals surface area (Å²) in [6.07, 6.45) is -0.495.